The maximum absolute atomic E-state index is 6.33. The minimum atomic E-state index is 0.396. The normalized spacial score (nSPS) is 23.0. The number of halogens is 1. The molecule has 0 radical (unpaired) electrons. The van der Waals surface area contributed by atoms with Gasteiger partial charge in [0.25, 0.3) is 0 Å². The van der Waals surface area contributed by atoms with Gasteiger partial charge in [0.05, 0.1) is 0 Å². The highest BCUT2D eigenvalue weighted by atomic mass is 35.5. The summed E-state index contributed by atoms with van der Waals surface area (Å²) in [6, 6.07) is 9.25. The monoisotopic (exact) mass is 280 g/mol. The van der Waals surface area contributed by atoms with Crippen molar-refractivity contribution in [3.63, 3.8) is 0 Å². The molecular formula is C16H25ClN2. The lowest BCUT2D eigenvalue weighted by molar-refractivity contribution is 0.203. The fourth-order valence-electron chi connectivity index (χ4n) is 2.93. The van der Waals surface area contributed by atoms with Crippen LogP contribution in [0.4, 0.5) is 0 Å². The average molecular weight is 281 g/mol. The molecule has 1 fully saturated rings. The van der Waals surface area contributed by atoms with E-state index < -0.39 is 0 Å². The van der Waals surface area contributed by atoms with Crippen molar-refractivity contribution in [3.05, 3.63) is 34.9 Å². The molecule has 0 aromatic heterocycles. The zero-order valence-corrected chi connectivity index (χ0v) is 12.8. The topological polar surface area (TPSA) is 15.3 Å². The third-order valence-corrected chi connectivity index (χ3v) is 4.39. The van der Waals surface area contributed by atoms with Crippen molar-refractivity contribution < 1.29 is 0 Å². The molecule has 1 aromatic carbocycles. The Morgan fingerprint density at radius 1 is 1.42 bits per heavy atom. The Kier molecular flexibility index (Phi) is 5.68. The molecule has 2 nitrogen and oxygen atoms in total. The lowest BCUT2D eigenvalue weighted by atomic mass is 10.1. The molecule has 0 spiro atoms. The zero-order valence-electron chi connectivity index (χ0n) is 12.0. The highest BCUT2D eigenvalue weighted by Crippen LogP contribution is 2.28. The van der Waals surface area contributed by atoms with E-state index in [0.29, 0.717) is 12.1 Å². The van der Waals surface area contributed by atoms with Crippen LogP contribution in [0.15, 0.2) is 24.3 Å². The van der Waals surface area contributed by atoms with Crippen LogP contribution in [-0.4, -0.2) is 30.6 Å². The third kappa shape index (κ3) is 3.95. The minimum Gasteiger partial charge on any atom is -0.313 e. The van der Waals surface area contributed by atoms with Crippen LogP contribution in [0, 0.1) is 0 Å². The Morgan fingerprint density at radius 3 is 2.95 bits per heavy atom. The van der Waals surface area contributed by atoms with Gasteiger partial charge in [0.2, 0.25) is 0 Å². The van der Waals surface area contributed by atoms with Gasteiger partial charge >= 0.3 is 0 Å². The van der Waals surface area contributed by atoms with Crippen LogP contribution in [0.25, 0.3) is 0 Å². The smallest absolute Gasteiger partial charge is 0.0453 e. The van der Waals surface area contributed by atoms with Crippen molar-refractivity contribution in [2.45, 2.75) is 45.2 Å². The molecule has 0 saturated carbocycles. The summed E-state index contributed by atoms with van der Waals surface area (Å²) in [6.45, 7) is 7.94. The quantitative estimate of drug-likeness (QED) is 0.901. The number of hydrogen-bond acceptors (Lipinski definition) is 2. The minimum absolute atomic E-state index is 0.396. The van der Waals surface area contributed by atoms with Gasteiger partial charge in [-0.05, 0) is 37.9 Å². The fraction of sp³-hybridized carbons (Fsp3) is 0.625. The van der Waals surface area contributed by atoms with E-state index in [1.165, 1.54) is 24.8 Å². The Bertz CT molecular complexity index is 394. The molecule has 1 aliphatic rings. The standard InChI is InChI=1S/C16H25ClN2/c1-3-7-14-12-19(11-6-10-18-14)13(2)15-8-4-5-9-16(15)17/h4-5,8-9,13-14,18H,3,6-7,10-12H2,1-2H3. The Labute approximate surface area is 122 Å². The summed E-state index contributed by atoms with van der Waals surface area (Å²) in [6.07, 6.45) is 3.72. The van der Waals surface area contributed by atoms with Crippen LogP contribution in [-0.2, 0) is 0 Å². The van der Waals surface area contributed by atoms with Gasteiger partial charge < -0.3 is 5.32 Å². The second kappa shape index (κ2) is 7.28. The molecule has 0 bridgehead atoms. The van der Waals surface area contributed by atoms with Gasteiger partial charge in [0.1, 0.15) is 0 Å². The van der Waals surface area contributed by atoms with Gasteiger partial charge in [-0.3, -0.25) is 4.90 Å². The Morgan fingerprint density at radius 2 is 2.21 bits per heavy atom. The molecule has 1 aromatic rings. The number of benzene rings is 1. The molecule has 1 heterocycles. The summed E-state index contributed by atoms with van der Waals surface area (Å²) in [4.78, 5) is 2.57. The van der Waals surface area contributed by atoms with Crippen molar-refractivity contribution in [2.75, 3.05) is 19.6 Å². The molecule has 2 rings (SSSR count). The molecule has 0 aliphatic carbocycles. The van der Waals surface area contributed by atoms with Gasteiger partial charge in [0.15, 0.2) is 0 Å². The molecule has 1 aliphatic heterocycles. The van der Waals surface area contributed by atoms with E-state index in [1.54, 1.807) is 0 Å². The number of hydrogen-bond donors (Lipinski definition) is 1. The van der Waals surface area contributed by atoms with Crippen LogP contribution < -0.4 is 5.32 Å². The van der Waals surface area contributed by atoms with Gasteiger partial charge in [0, 0.05) is 30.2 Å². The largest absolute Gasteiger partial charge is 0.313 e. The van der Waals surface area contributed by atoms with Crippen molar-refractivity contribution in [2.24, 2.45) is 0 Å². The predicted molar refractivity (Wildman–Crippen MR) is 82.8 cm³/mol. The van der Waals surface area contributed by atoms with Crippen molar-refractivity contribution >= 4 is 11.6 Å². The van der Waals surface area contributed by atoms with Gasteiger partial charge in [-0.25, -0.2) is 0 Å². The van der Waals surface area contributed by atoms with Crippen molar-refractivity contribution in [1.29, 1.82) is 0 Å². The molecule has 106 valence electrons. The number of nitrogens with zero attached hydrogens (tertiary/aromatic N) is 1. The van der Waals surface area contributed by atoms with E-state index >= 15 is 0 Å². The average Bonchev–Trinajstić information content (AvgIpc) is 2.65. The van der Waals surface area contributed by atoms with Crippen LogP contribution in [0.3, 0.4) is 0 Å². The van der Waals surface area contributed by atoms with Gasteiger partial charge in [-0.1, -0.05) is 43.1 Å². The first kappa shape index (κ1) is 14.8. The van der Waals surface area contributed by atoms with E-state index in [2.05, 4.69) is 36.2 Å². The van der Waals surface area contributed by atoms with Crippen molar-refractivity contribution in [1.82, 2.24) is 10.2 Å². The van der Waals surface area contributed by atoms with E-state index in [-0.39, 0.29) is 0 Å². The summed E-state index contributed by atoms with van der Waals surface area (Å²) in [5.41, 5.74) is 1.25. The second-order valence-electron chi connectivity index (χ2n) is 5.49. The van der Waals surface area contributed by atoms with E-state index in [9.17, 15) is 0 Å². The van der Waals surface area contributed by atoms with Crippen molar-refractivity contribution in [3.8, 4) is 0 Å². The molecule has 1 N–H and O–H groups in total. The summed E-state index contributed by atoms with van der Waals surface area (Å²) in [7, 11) is 0. The maximum atomic E-state index is 6.33. The SMILES string of the molecule is CCCC1CN(C(C)c2ccccc2Cl)CCCN1. The van der Waals surface area contributed by atoms with Crippen LogP contribution in [0.5, 0.6) is 0 Å². The van der Waals surface area contributed by atoms with Gasteiger partial charge in [-0.2, -0.15) is 0 Å². The highest BCUT2D eigenvalue weighted by Gasteiger charge is 2.23. The lowest BCUT2D eigenvalue weighted by Gasteiger charge is -2.31. The zero-order chi connectivity index (χ0) is 13.7. The summed E-state index contributed by atoms with van der Waals surface area (Å²) < 4.78 is 0. The Hall–Kier alpha value is -0.570. The molecule has 2 unspecified atom stereocenters. The summed E-state index contributed by atoms with van der Waals surface area (Å²) >= 11 is 6.33. The summed E-state index contributed by atoms with van der Waals surface area (Å²) in [5, 5.41) is 4.55. The first-order valence-corrected chi connectivity index (χ1v) is 7.82. The first-order chi connectivity index (χ1) is 9.22. The van der Waals surface area contributed by atoms with Crippen LogP contribution >= 0.6 is 11.6 Å². The maximum Gasteiger partial charge on any atom is 0.0453 e. The third-order valence-electron chi connectivity index (χ3n) is 4.05. The number of nitrogens with one attached hydrogen (secondary N) is 1. The molecule has 2 atom stereocenters. The molecule has 3 heteroatoms. The summed E-state index contributed by atoms with van der Waals surface area (Å²) in [5.74, 6) is 0. The molecular weight excluding hydrogens is 256 g/mol. The van der Waals surface area contributed by atoms with Crippen LogP contribution in [0.2, 0.25) is 5.02 Å². The molecule has 1 saturated heterocycles. The van der Waals surface area contributed by atoms with Crippen LogP contribution in [0.1, 0.15) is 44.7 Å². The predicted octanol–water partition coefficient (Wildman–Crippen LogP) is 3.87. The second-order valence-corrected chi connectivity index (χ2v) is 5.89. The molecule has 19 heavy (non-hydrogen) atoms. The highest BCUT2D eigenvalue weighted by molar-refractivity contribution is 6.31. The lowest BCUT2D eigenvalue weighted by Crippen LogP contribution is -2.38. The molecule has 0 amide bonds. The Balaban J connectivity index is 2.08. The van der Waals surface area contributed by atoms with E-state index in [1.807, 2.05) is 12.1 Å². The first-order valence-electron chi connectivity index (χ1n) is 7.44. The van der Waals surface area contributed by atoms with E-state index in [0.717, 1.165) is 24.7 Å². The fourth-order valence-corrected chi connectivity index (χ4v) is 3.23. The van der Waals surface area contributed by atoms with Gasteiger partial charge in [-0.15, -0.1) is 0 Å². The number of rotatable bonds is 4. The van der Waals surface area contributed by atoms with E-state index in [4.69, 9.17) is 11.6 Å².